The number of carbonyl (C=O) groups excluding carboxylic acids is 1. The molecule has 2 aliphatic rings. The molecule has 1 aromatic carbocycles. The van der Waals surface area contributed by atoms with Crippen LogP contribution in [-0.2, 0) is 0 Å². The number of aromatic nitrogens is 1. The number of nitrogens with one attached hydrogen (secondary N) is 2. The minimum absolute atomic E-state index is 0.176. The van der Waals surface area contributed by atoms with Crippen molar-refractivity contribution in [3.05, 3.63) is 46.4 Å². The van der Waals surface area contributed by atoms with Crippen LogP contribution in [0.4, 0.5) is 0 Å². The summed E-state index contributed by atoms with van der Waals surface area (Å²) >= 11 is 0. The molecule has 0 unspecified atom stereocenters. The monoisotopic (exact) mass is 311 g/mol. The van der Waals surface area contributed by atoms with Crippen LogP contribution in [0.25, 0.3) is 10.8 Å². The van der Waals surface area contributed by atoms with Gasteiger partial charge in [-0.15, -0.1) is 0 Å². The summed E-state index contributed by atoms with van der Waals surface area (Å²) in [6, 6.07) is 9.75. The summed E-state index contributed by atoms with van der Waals surface area (Å²) in [4.78, 5) is 29.9. The lowest BCUT2D eigenvalue weighted by Crippen LogP contribution is -2.47. The summed E-state index contributed by atoms with van der Waals surface area (Å²) in [5.41, 5.74) is 0.141. The Morgan fingerprint density at radius 1 is 1.17 bits per heavy atom. The van der Waals surface area contributed by atoms with E-state index < -0.39 is 0 Å². The minimum atomic E-state index is -0.209. The van der Waals surface area contributed by atoms with Gasteiger partial charge in [0.05, 0.1) is 0 Å². The molecule has 2 aliphatic heterocycles. The number of nitrogens with zero attached hydrogens (tertiary/aromatic N) is 1. The third kappa shape index (κ3) is 2.65. The highest BCUT2D eigenvalue weighted by Crippen LogP contribution is 2.27. The molecule has 2 fully saturated rings. The first-order chi connectivity index (χ1) is 11.2. The fourth-order valence-electron chi connectivity index (χ4n) is 4.00. The smallest absolute Gasteiger partial charge is 0.268 e. The van der Waals surface area contributed by atoms with Crippen molar-refractivity contribution in [3.63, 3.8) is 0 Å². The van der Waals surface area contributed by atoms with Gasteiger partial charge in [-0.2, -0.15) is 0 Å². The molecule has 23 heavy (non-hydrogen) atoms. The van der Waals surface area contributed by atoms with E-state index in [1.54, 1.807) is 12.1 Å². The van der Waals surface area contributed by atoms with Crippen LogP contribution in [0.15, 0.2) is 35.1 Å². The molecule has 4 rings (SSSR count). The van der Waals surface area contributed by atoms with E-state index in [2.05, 4.69) is 15.2 Å². The summed E-state index contributed by atoms with van der Waals surface area (Å²) < 4.78 is 0. The van der Waals surface area contributed by atoms with Gasteiger partial charge in [0.1, 0.15) is 5.69 Å². The summed E-state index contributed by atoms with van der Waals surface area (Å²) in [5.74, 6) is -0.176. The fraction of sp³-hybridized carbons (Fsp3) is 0.444. The second kappa shape index (κ2) is 5.81. The Bertz CT molecular complexity index is 798. The highest BCUT2D eigenvalue weighted by molar-refractivity contribution is 5.96. The van der Waals surface area contributed by atoms with E-state index in [0.29, 0.717) is 17.1 Å². The van der Waals surface area contributed by atoms with Crippen molar-refractivity contribution in [2.24, 2.45) is 0 Å². The van der Waals surface area contributed by atoms with E-state index in [1.165, 1.54) is 12.8 Å². The maximum Gasteiger partial charge on any atom is 0.268 e. The molecule has 2 N–H and O–H groups in total. The molecular formula is C18H21N3O2. The lowest BCUT2D eigenvalue weighted by molar-refractivity contribution is 0.0910. The Hall–Kier alpha value is -2.14. The second-order valence-corrected chi connectivity index (χ2v) is 6.57. The summed E-state index contributed by atoms with van der Waals surface area (Å²) in [7, 11) is 0. The zero-order chi connectivity index (χ0) is 15.8. The van der Waals surface area contributed by atoms with Gasteiger partial charge in [0, 0.05) is 24.0 Å². The molecule has 1 amide bonds. The van der Waals surface area contributed by atoms with Crippen LogP contribution in [-0.4, -0.2) is 41.0 Å². The van der Waals surface area contributed by atoms with E-state index in [4.69, 9.17) is 0 Å². The maximum atomic E-state index is 12.6. The quantitative estimate of drug-likeness (QED) is 0.890. The molecule has 1 aromatic heterocycles. The van der Waals surface area contributed by atoms with Crippen LogP contribution in [0.5, 0.6) is 0 Å². The SMILES string of the molecule is O=C(N[C@H]1CCN2CCCC[C@H]12)c1cc2ccccc2c(=O)[nH]1. The van der Waals surface area contributed by atoms with E-state index >= 15 is 0 Å². The molecule has 5 heteroatoms. The molecule has 120 valence electrons. The number of hydrogen-bond acceptors (Lipinski definition) is 3. The lowest BCUT2D eigenvalue weighted by Gasteiger charge is -2.32. The van der Waals surface area contributed by atoms with Crippen molar-refractivity contribution in [1.82, 2.24) is 15.2 Å². The number of H-pyrrole nitrogens is 1. The summed E-state index contributed by atoms with van der Waals surface area (Å²) in [5, 5.41) is 4.55. The molecule has 3 heterocycles. The first-order valence-corrected chi connectivity index (χ1v) is 8.39. The predicted molar refractivity (Wildman–Crippen MR) is 89.7 cm³/mol. The molecule has 2 saturated heterocycles. The zero-order valence-electron chi connectivity index (χ0n) is 13.0. The van der Waals surface area contributed by atoms with Crippen LogP contribution < -0.4 is 10.9 Å². The zero-order valence-corrected chi connectivity index (χ0v) is 13.0. The van der Waals surface area contributed by atoms with Crippen LogP contribution in [0.3, 0.4) is 0 Å². The minimum Gasteiger partial charge on any atom is -0.346 e. The maximum absolute atomic E-state index is 12.6. The number of carbonyl (C=O) groups is 1. The van der Waals surface area contributed by atoms with Crippen molar-refractivity contribution in [1.29, 1.82) is 0 Å². The number of pyridine rings is 1. The number of piperidine rings is 1. The molecular weight excluding hydrogens is 290 g/mol. The van der Waals surface area contributed by atoms with Gasteiger partial charge in [-0.1, -0.05) is 24.6 Å². The lowest BCUT2D eigenvalue weighted by atomic mass is 9.99. The summed E-state index contributed by atoms with van der Waals surface area (Å²) in [6.07, 6.45) is 4.64. The first-order valence-electron chi connectivity index (χ1n) is 8.39. The molecule has 2 aromatic rings. The van der Waals surface area contributed by atoms with Gasteiger partial charge in [-0.25, -0.2) is 0 Å². The summed E-state index contributed by atoms with van der Waals surface area (Å²) in [6.45, 7) is 2.20. The van der Waals surface area contributed by atoms with Crippen LogP contribution in [0.1, 0.15) is 36.2 Å². The van der Waals surface area contributed by atoms with Crippen molar-refractivity contribution in [2.45, 2.75) is 37.8 Å². The Balaban J connectivity index is 1.56. The van der Waals surface area contributed by atoms with Crippen molar-refractivity contribution < 1.29 is 4.79 Å². The Morgan fingerprint density at radius 3 is 2.96 bits per heavy atom. The van der Waals surface area contributed by atoms with Gasteiger partial charge in [-0.3, -0.25) is 14.5 Å². The molecule has 0 aliphatic carbocycles. The van der Waals surface area contributed by atoms with E-state index in [1.807, 2.05) is 18.2 Å². The van der Waals surface area contributed by atoms with Gasteiger partial charge in [0.15, 0.2) is 0 Å². The van der Waals surface area contributed by atoms with Crippen LogP contribution >= 0.6 is 0 Å². The number of hydrogen-bond donors (Lipinski definition) is 2. The van der Waals surface area contributed by atoms with Gasteiger partial charge in [-0.05, 0) is 43.3 Å². The third-order valence-electron chi connectivity index (χ3n) is 5.17. The van der Waals surface area contributed by atoms with Gasteiger partial charge in [0.25, 0.3) is 11.5 Å². The molecule has 0 radical (unpaired) electrons. The Kier molecular flexibility index (Phi) is 3.65. The van der Waals surface area contributed by atoms with Crippen LogP contribution in [0.2, 0.25) is 0 Å². The highest BCUT2D eigenvalue weighted by Gasteiger charge is 2.36. The number of aromatic amines is 1. The third-order valence-corrected chi connectivity index (χ3v) is 5.17. The van der Waals surface area contributed by atoms with Crippen LogP contribution in [0, 0.1) is 0 Å². The number of rotatable bonds is 2. The fourth-order valence-corrected chi connectivity index (χ4v) is 4.00. The van der Waals surface area contributed by atoms with Gasteiger partial charge < -0.3 is 10.3 Å². The van der Waals surface area contributed by atoms with E-state index in [9.17, 15) is 9.59 Å². The topological polar surface area (TPSA) is 65.2 Å². The van der Waals surface area contributed by atoms with E-state index in [0.717, 1.165) is 31.3 Å². The second-order valence-electron chi connectivity index (χ2n) is 6.57. The average molecular weight is 311 g/mol. The number of benzene rings is 1. The Labute approximate surface area is 134 Å². The normalized spacial score (nSPS) is 24.5. The first kappa shape index (κ1) is 14.5. The number of fused-ring (bicyclic) bond motifs is 2. The molecule has 5 nitrogen and oxygen atoms in total. The average Bonchev–Trinajstić information content (AvgIpc) is 2.98. The predicted octanol–water partition coefficient (Wildman–Crippen LogP) is 1.88. The van der Waals surface area contributed by atoms with Gasteiger partial charge in [0.2, 0.25) is 0 Å². The number of amides is 1. The van der Waals surface area contributed by atoms with Crippen molar-refractivity contribution in [3.8, 4) is 0 Å². The largest absolute Gasteiger partial charge is 0.346 e. The molecule has 0 saturated carbocycles. The van der Waals surface area contributed by atoms with Gasteiger partial charge >= 0.3 is 0 Å². The Morgan fingerprint density at radius 2 is 2.04 bits per heavy atom. The molecule has 2 atom stereocenters. The van der Waals surface area contributed by atoms with Crippen molar-refractivity contribution in [2.75, 3.05) is 13.1 Å². The standard InChI is InChI=1S/C18H21N3O2/c22-17-13-6-2-1-5-12(13)11-15(20-17)18(23)19-14-8-10-21-9-4-3-7-16(14)21/h1-2,5-6,11,14,16H,3-4,7-10H2,(H,19,23)(H,20,22)/t14-,16+/m0/s1. The van der Waals surface area contributed by atoms with E-state index in [-0.39, 0.29) is 17.5 Å². The highest BCUT2D eigenvalue weighted by atomic mass is 16.2. The molecule has 0 bridgehead atoms. The van der Waals surface area contributed by atoms with Crippen molar-refractivity contribution >= 4 is 16.7 Å². The molecule has 0 spiro atoms.